The van der Waals surface area contributed by atoms with Crippen LogP contribution in [0, 0.1) is 5.82 Å². The number of benzene rings is 1. The lowest BCUT2D eigenvalue weighted by Crippen LogP contribution is -1.83. The molecule has 0 amide bonds. The molecule has 0 atom stereocenters. The average molecular weight is 229 g/mol. The van der Waals surface area contributed by atoms with E-state index in [1.54, 1.807) is 0 Å². The van der Waals surface area contributed by atoms with Crippen LogP contribution in [0.2, 0.25) is 0 Å². The Bertz CT molecular complexity index is 329. The van der Waals surface area contributed by atoms with Gasteiger partial charge in [0.2, 0.25) is 0 Å². The summed E-state index contributed by atoms with van der Waals surface area (Å²) in [4.78, 5) is 0. The quantitative estimate of drug-likeness (QED) is 0.558. The highest BCUT2D eigenvalue weighted by Crippen LogP contribution is 2.25. The van der Waals surface area contributed by atoms with Gasteiger partial charge in [0.1, 0.15) is 17.8 Å². The number of halogens is 2. The Morgan fingerprint density at radius 1 is 1.58 bits per heavy atom. The minimum atomic E-state index is -0.309. The molecule has 0 aliphatic carbocycles. The number of hydrogen-bond donors (Lipinski definition) is 0. The van der Waals surface area contributed by atoms with Crippen molar-refractivity contribution in [3.8, 4) is 5.75 Å². The Hall–Kier alpha value is -1.05. The molecular formula is C9H6BrFO. The molecule has 0 aliphatic rings. The van der Waals surface area contributed by atoms with Crippen LogP contribution in [-0.2, 0) is 0 Å². The van der Waals surface area contributed by atoms with Gasteiger partial charge < -0.3 is 4.74 Å². The van der Waals surface area contributed by atoms with Crippen LogP contribution in [0.15, 0.2) is 41.2 Å². The van der Waals surface area contributed by atoms with E-state index in [-0.39, 0.29) is 5.82 Å². The molecule has 0 aliphatic heterocycles. The van der Waals surface area contributed by atoms with Gasteiger partial charge in [0.15, 0.2) is 0 Å². The van der Waals surface area contributed by atoms with Crippen molar-refractivity contribution in [3.63, 3.8) is 0 Å². The van der Waals surface area contributed by atoms with E-state index in [2.05, 4.69) is 28.2 Å². The summed E-state index contributed by atoms with van der Waals surface area (Å²) in [6.07, 6.45) is 1.30. The van der Waals surface area contributed by atoms with E-state index in [0.717, 1.165) is 0 Å². The third-order valence-corrected chi connectivity index (χ3v) is 1.78. The summed E-state index contributed by atoms with van der Waals surface area (Å²) in [5, 5.41) is 0. The fourth-order valence-electron chi connectivity index (χ4n) is 0.676. The molecular weight excluding hydrogens is 223 g/mol. The first-order valence-electron chi connectivity index (χ1n) is 3.20. The first-order valence-corrected chi connectivity index (χ1v) is 3.99. The lowest BCUT2D eigenvalue weighted by atomic mass is 10.3. The Kier molecular flexibility index (Phi) is 3.09. The van der Waals surface area contributed by atoms with E-state index in [1.165, 1.54) is 24.5 Å². The molecule has 1 nitrogen and oxygen atoms in total. The summed E-state index contributed by atoms with van der Waals surface area (Å²) in [5.74, 6) is 0.226. The minimum Gasteiger partial charge on any atom is -0.456 e. The summed E-state index contributed by atoms with van der Waals surface area (Å²) in [5.41, 5.74) is 2.45. The van der Waals surface area contributed by atoms with Crippen LogP contribution >= 0.6 is 15.9 Å². The van der Waals surface area contributed by atoms with E-state index in [1.807, 2.05) is 0 Å². The molecule has 1 rings (SSSR count). The molecule has 1 aromatic rings. The highest BCUT2D eigenvalue weighted by atomic mass is 79.9. The molecule has 0 bridgehead atoms. The summed E-state index contributed by atoms with van der Waals surface area (Å²) >= 11 is 3.14. The summed E-state index contributed by atoms with van der Waals surface area (Å²) in [7, 11) is 0. The van der Waals surface area contributed by atoms with E-state index in [4.69, 9.17) is 4.74 Å². The maximum absolute atomic E-state index is 12.5. The Morgan fingerprint density at radius 2 is 2.33 bits per heavy atom. The largest absolute Gasteiger partial charge is 0.456 e. The van der Waals surface area contributed by atoms with Crippen LogP contribution in [0.1, 0.15) is 0 Å². The second kappa shape index (κ2) is 4.10. The molecule has 3 heteroatoms. The van der Waals surface area contributed by atoms with Crippen molar-refractivity contribution in [3.05, 3.63) is 47.1 Å². The van der Waals surface area contributed by atoms with Gasteiger partial charge in [-0.2, -0.15) is 0 Å². The third-order valence-electron chi connectivity index (χ3n) is 1.16. The number of rotatable bonds is 2. The maximum Gasteiger partial charge on any atom is 0.141 e. The normalized spacial score (nSPS) is 8.83. The molecule has 0 heterocycles. The van der Waals surface area contributed by atoms with Crippen molar-refractivity contribution < 1.29 is 9.13 Å². The van der Waals surface area contributed by atoms with Crippen molar-refractivity contribution >= 4 is 15.9 Å². The SMILES string of the molecule is C=C=COc1ccc(F)cc1Br. The van der Waals surface area contributed by atoms with Crippen molar-refractivity contribution in [2.75, 3.05) is 0 Å². The predicted octanol–water partition coefficient (Wildman–Crippen LogP) is 3.27. The monoisotopic (exact) mass is 228 g/mol. The van der Waals surface area contributed by atoms with Gasteiger partial charge in [-0.05, 0) is 34.1 Å². The number of ether oxygens (including phenoxy) is 1. The lowest BCUT2D eigenvalue weighted by molar-refractivity contribution is 0.477. The molecule has 0 saturated carbocycles. The van der Waals surface area contributed by atoms with E-state index in [9.17, 15) is 4.39 Å². The standard InChI is InChI=1S/C9H6BrFO/c1-2-5-12-9-4-3-7(11)6-8(9)10/h3-6H,1H2. The minimum absolute atomic E-state index is 0.309. The molecule has 1 aromatic carbocycles. The van der Waals surface area contributed by atoms with Crippen molar-refractivity contribution in [2.24, 2.45) is 0 Å². The van der Waals surface area contributed by atoms with Crippen LogP contribution in [0.3, 0.4) is 0 Å². The van der Waals surface area contributed by atoms with Gasteiger partial charge in [0, 0.05) is 0 Å². The smallest absolute Gasteiger partial charge is 0.141 e. The molecule has 12 heavy (non-hydrogen) atoms. The Balaban J connectivity index is 2.93. The fraction of sp³-hybridized carbons (Fsp3) is 0. The van der Waals surface area contributed by atoms with Crippen molar-refractivity contribution in [1.29, 1.82) is 0 Å². The highest BCUT2D eigenvalue weighted by molar-refractivity contribution is 9.10. The average Bonchev–Trinajstić information content (AvgIpc) is 2.03. The highest BCUT2D eigenvalue weighted by Gasteiger charge is 1.99. The first-order chi connectivity index (χ1) is 5.74. The zero-order valence-electron chi connectivity index (χ0n) is 6.18. The van der Waals surface area contributed by atoms with Gasteiger partial charge >= 0.3 is 0 Å². The van der Waals surface area contributed by atoms with Gasteiger partial charge in [0.05, 0.1) is 4.47 Å². The van der Waals surface area contributed by atoms with E-state index in [0.29, 0.717) is 10.2 Å². The van der Waals surface area contributed by atoms with Gasteiger partial charge in [-0.3, -0.25) is 0 Å². The zero-order chi connectivity index (χ0) is 8.97. The molecule has 0 fully saturated rings. The second-order valence-corrected chi connectivity index (χ2v) is 2.87. The molecule has 0 unspecified atom stereocenters. The maximum atomic E-state index is 12.5. The summed E-state index contributed by atoms with van der Waals surface area (Å²) in [6, 6.07) is 4.16. The molecule has 0 aromatic heterocycles. The van der Waals surface area contributed by atoms with Crippen LogP contribution in [0.25, 0.3) is 0 Å². The second-order valence-electron chi connectivity index (χ2n) is 2.01. The summed E-state index contributed by atoms with van der Waals surface area (Å²) < 4.78 is 18.1. The fourth-order valence-corrected chi connectivity index (χ4v) is 1.12. The molecule has 0 spiro atoms. The molecule has 62 valence electrons. The Labute approximate surface area is 78.3 Å². The zero-order valence-corrected chi connectivity index (χ0v) is 7.77. The molecule has 0 saturated heterocycles. The van der Waals surface area contributed by atoms with Crippen LogP contribution in [-0.4, -0.2) is 0 Å². The molecule has 0 radical (unpaired) electrons. The van der Waals surface area contributed by atoms with Gasteiger partial charge in [-0.15, -0.1) is 0 Å². The van der Waals surface area contributed by atoms with Crippen molar-refractivity contribution in [1.82, 2.24) is 0 Å². The number of hydrogen-bond acceptors (Lipinski definition) is 1. The topological polar surface area (TPSA) is 9.23 Å². The van der Waals surface area contributed by atoms with Gasteiger partial charge in [0.25, 0.3) is 0 Å². The Morgan fingerprint density at radius 3 is 2.92 bits per heavy atom. The molecule has 0 N–H and O–H groups in total. The van der Waals surface area contributed by atoms with Crippen LogP contribution in [0.5, 0.6) is 5.75 Å². The van der Waals surface area contributed by atoms with E-state index >= 15 is 0 Å². The van der Waals surface area contributed by atoms with Gasteiger partial charge in [-0.25, -0.2) is 4.39 Å². The van der Waals surface area contributed by atoms with E-state index < -0.39 is 0 Å². The first kappa shape index (κ1) is 9.04. The lowest BCUT2D eigenvalue weighted by Gasteiger charge is -2.00. The van der Waals surface area contributed by atoms with Crippen LogP contribution < -0.4 is 4.74 Å². The van der Waals surface area contributed by atoms with Crippen molar-refractivity contribution in [2.45, 2.75) is 0 Å². The summed E-state index contributed by atoms with van der Waals surface area (Å²) in [6.45, 7) is 3.33. The third kappa shape index (κ3) is 2.22. The van der Waals surface area contributed by atoms with Crippen LogP contribution in [0.4, 0.5) is 4.39 Å². The predicted molar refractivity (Wildman–Crippen MR) is 48.4 cm³/mol. The van der Waals surface area contributed by atoms with Gasteiger partial charge in [-0.1, -0.05) is 12.3 Å².